The molecule has 2 N–H and O–H groups in total. The lowest BCUT2D eigenvalue weighted by Crippen LogP contribution is -2.11. The smallest absolute Gasteiger partial charge is 0.275 e. The summed E-state index contributed by atoms with van der Waals surface area (Å²) in [5.41, 5.74) is 0.946. The molecule has 4 nitrogen and oxygen atoms in total. The Morgan fingerprint density at radius 1 is 1.44 bits per heavy atom. The molecule has 0 saturated heterocycles. The molecule has 0 unspecified atom stereocenters. The number of amides is 1. The lowest BCUT2D eigenvalue weighted by molar-refractivity contribution is 0.102. The molecule has 0 spiro atoms. The predicted molar refractivity (Wildman–Crippen MR) is 62.9 cm³/mol. The largest absolute Gasteiger partial charge is 0.508 e. The standard InChI is InChI=1S/C11H10N2O2S/c1-7-5-10(13-16-7)11(15)12-8-3-2-4-9(14)6-8/h2-6,14H,1H3,(H,12,15). The molecule has 5 heteroatoms. The molecule has 82 valence electrons. The van der Waals surface area contributed by atoms with Crippen LogP contribution in [-0.4, -0.2) is 15.4 Å². The van der Waals surface area contributed by atoms with E-state index in [0.717, 1.165) is 4.88 Å². The SMILES string of the molecule is Cc1cc(C(=O)Nc2cccc(O)c2)ns1. The number of anilines is 1. The molecule has 0 aliphatic rings. The van der Waals surface area contributed by atoms with Crippen molar-refractivity contribution in [1.82, 2.24) is 4.37 Å². The van der Waals surface area contributed by atoms with Gasteiger partial charge in [0.25, 0.3) is 5.91 Å². The number of aryl methyl sites for hydroxylation is 1. The number of hydrogen-bond donors (Lipinski definition) is 2. The van der Waals surface area contributed by atoms with Crippen LogP contribution in [0.1, 0.15) is 15.4 Å². The van der Waals surface area contributed by atoms with Crippen molar-refractivity contribution in [2.24, 2.45) is 0 Å². The van der Waals surface area contributed by atoms with Gasteiger partial charge in [-0.25, -0.2) is 0 Å². The van der Waals surface area contributed by atoms with Crippen LogP contribution in [0.2, 0.25) is 0 Å². The fourth-order valence-electron chi connectivity index (χ4n) is 1.25. The molecular weight excluding hydrogens is 224 g/mol. The van der Waals surface area contributed by atoms with Crippen molar-refractivity contribution in [3.63, 3.8) is 0 Å². The Balaban J connectivity index is 2.13. The molecule has 1 aromatic carbocycles. The van der Waals surface area contributed by atoms with Gasteiger partial charge in [0.15, 0.2) is 0 Å². The van der Waals surface area contributed by atoms with Crippen molar-refractivity contribution in [3.05, 3.63) is 40.9 Å². The van der Waals surface area contributed by atoms with Gasteiger partial charge in [-0.2, -0.15) is 4.37 Å². The molecule has 0 radical (unpaired) electrons. The quantitative estimate of drug-likeness (QED) is 0.838. The minimum atomic E-state index is -0.269. The zero-order valence-corrected chi connectivity index (χ0v) is 9.41. The first-order chi connectivity index (χ1) is 7.65. The fraction of sp³-hybridized carbons (Fsp3) is 0.0909. The number of phenols is 1. The van der Waals surface area contributed by atoms with E-state index < -0.39 is 0 Å². The van der Waals surface area contributed by atoms with Gasteiger partial charge in [-0.15, -0.1) is 0 Å². The Morgan fingerprint density at radius 2 is 2.25 bits per heavy atom. The van der Waals surface area contributed by atoms with E-state index in [-0.39, 0.29) is 11.7 Å². The third-order valence-electron chi connectivity index (χ3n) is 1.96. The molecule has 0 aliphatic heterocycles. The number of carbonyl (C=O) groups excluding carboxylic acids is 1. The van der Waals surface area contributed by atoms with Crippen LogP contribution < -0.4 is 5.32 Å². The van der Waals surface area contributed by atoms with Crippen molar-refractivity contribution < 1.29 is 9.90 Å². The number of carbonyl (C=O) groups is 1. The number of aromatic nitrogens is 1. The lowest BCUT2D eigenvalue weighted by atomic mass is 10.3. The number of nitrogens with zero attached hydrogens (tertiary/aromatic N) is 1. The van der Waals surface area contributed by atoms with Gasteiger partial charge in [0.1, 0.15) is 11.4 Å². The van der Waals surface area contributed by atoms with Crippen molar-refractivity contribution in [2.75, 3.05) is 5.32 Å². The molecule has 1 heterocycles. The Labute approximate surface area is 96.7 Å². The van der Waals surface area contributed by atoms with E-state index >= 15 is 0 Å². The highest BCUT2D eigenvalue weighted by Gasteiger charge is 2.09. The predicted octanol–water partition coefficient (Wildman–Crippen LogP) is 2.41. The van der Waals surface area contributed by atoms with Crippen LogP contribution in [0.3, 0.4) is 0 Å². The van der Waals surface area contributed by atoms with E-state index in [2.05, 4.69) is 9.69 Å². The summed E-state index contributed by atoms with van der Waals surface area (Å²) in [5.74, 6) is -0.151. The van der Waals surface area contributed by atoms with Crippen LogP contribution in [0.25, 0.3) is 0 Å². The van der Waals surface area contributed by atoms with Gasteiger partial charge in [0.2, 0.25) is 0 Å². The summed E-state index contributed by atoms with van der Waals surface area (Å²) in [5, 5.41) is 11.9. The molecule has 0 bridgehead atoms. The van der Waals surface area contributed by atoms with Crippen LogP contribution in [-0.2, 0) is 0 Å². The third kappa shape index (κ3) is 2.38. The molecule has 16 heavy (non-hydrogen) atoms. The molecule has 2 aromatic rings. The summed E-state index contributed by atoms with van der Waals surface area (Å²) in [7, 11) is 0. The number of benzene rings is 1. The van der Waals surface area contributed by atoms with Gasteiger partial charge >= 0.3 is 0 Å². The number of aromatic hydroxyl groups is 1. The van der Waals surface area contributed by atoms with Crippen molar-refractivity contribution in [1.29, 1.82) is 0 Å². The summed E-state index contributed by atoms with van der Waals surface area (Å²) in [6.45, 7) is 1.89. The van der Waals surface area contributed by atoms with Crippen molar-refractivity contribution in [2.45, 2.75) is 6.92 Å². The first-order valence-corrected chi connectivity index (χ1v) is 5.46. The average Bonchev–Trinajstić information content (AvgIpc) is 2.65. The number of nitrogens with one attached hydrogen (secondary N) is 1. The molecule has 2 rings (SSSR count). The van der Waals surface area contributed by atoms with Crippen molar-refractivity contribution >= 4 is 23.1 Å². The van der Waals surface area contributed by atoms with Gasteiger partial charge < -0.3 is 10.4 Å². The van der Waals surface area contributed by atoms with E-state index in [1.165, 1.54) is 17.6 Å². The van der Waals surface area contributed by atoms with Gasteiger partial charge in [-0.05, 0) is 36.7 Å². The van der Waals surface area contributed by atoms with Gasteiger partial charge in [-0.3, -0.25) is 4.79 Å². The maximum atomic E-state index is 11.7. The summed E-state index contributed by atoms with van der Waals surface area (Å²) in [4.78, 5) is 12.7. The fourth-order valence-corrected chi connectivity index (χ4v) is 1.79. The second-order valence-corrected chi connectivity index (χ2v) is 4.34. The Kier molecular flexibility index (Phi) is 2.87. The zero-order valence-electron chi connectivity index (χ0n) is 8.60. The van der Waals surface area contributed by atoms with Gasteiger partial charge in [0, 0.05) is 16.6 Å². The molecule has 0 aliphatic carbocycles. The maximum Gasteiger partial charge on any atom is 0.275 e. The summed E-state index contributed by atoms with van der Waals surface area (Å²) < 4.78 is 4.00. The summed E-state index contributed by atoms with van der Waals surface area (Å²) >= 11 is 1.29. The number of rotatable bonds is 2. The lowest BCUT2D eigenvalue weighted by Gasteiger charge is -2.02. The average molecular weight is 234 g/mol. The van der Waals surface area contributed by atoms with Crippen molar-refractivity contribution in [3.8, 4) is 5.75 Å². The van der Waals surface area contributed by atoms with Crippen LogP contribution in [0, 0.1) is 6.92 Å². The molecule has 0 atom stereocenters. The van der Waals surface area contributed by atoms with E-state index in [1.54, 1.807) is 24.3 Å². The molecule has 1 aromatic heterocycles. The first kappa shape index (κ1) is 10.6. The Bertz CT molecular complexity index is 522. The third-order valence-corrected chi connectivity index (χ3v) is 2.66. The van der Waals surface area contributed by atoms with Gasteiger partial charge in [0.05, 0.1) is 0 Å². The van der Waals surface area contributed by atoms with Crippen LogP contribution in [0.4, 0.5) is 5.69 Å². The first-order valence-electron chi connectivity index (χ1n) is 4.69. The number of phenolic OH excluding ortho intramolecular Hbond substituents is 1. The Morgan fingerprint density at radius 3 is 2.88 bits per heavy atom. The molecule has 1 amide bonds. The highest BCUT2D eigenvalue weighted by atomic mass is 32.1. The Hall–Kier alpha value is -1.88. The maximum absolute atomic E-state index is 11.7. The highest BCUT2D eigenvalue weighted by Crippen LogP contribution is 2.16. The van der Waals surface area contributed by atoms with Crippen LogP contribution in [0.5, 0.6) is 5.75 Å². The minimum absolute atomic E-state index is 0.118. The zero-order chi connectivity index (χ0) is 11.5. The molecule has 0 saturated carbocycles. The monoisotopic (exact) mass is 234 g/mol. The summed E-state index contributed by atoms with van der Waals surface area (Å²) in [6.07, 6.45) is 0. The van der Waals surface area contributed by atoms with Crippen LogP contribution >= 0.6 is 11.5 Å². The molecule has 0 fully saturated rings. The van der Waals surface area contributed by atoms with E-state index in [0.29, 0.717) is 11.4 Å². The number of hydrogen-bond acceptors (Lipinski definition) is 4. The van der Waals surface area contributed by atoms with Gasteiger partial charge in [-0.1, -0.05) is 6.07 Å². The second kappa shape index (κ2) is 4.32. The summed E-state index contributed by atoms with van der Waals surface area (Å²) in [6, 6.07) is 8.12. The van der Waals surface area contributed by atoms with Crippen LogP contribution in [0.15, 0.2) is 30.3 Å². The van der Waals surface area contributed by atoms with E-state index in [1.807, 2.05) is 6.92 Å². The highest BCUT2D eigenvalue weighted by molar-refractivity contribution is 7.05. The van der Waals surface area contributed by atoms with E-state index in [9.17, 15) is 9.90 Å². The molecular formula is C11H10N2O2S. The van der Waals surface area contributed by atoms with E-state index in [4.69, 9.17) is 0 Å². The second-order valence-electron chi connectivity index (χ2n) is 3.33. The minimum Gasteiger partial charge on any atom is -0.508 e. The topological polar surface area (TPSA) is 62.2 Å². The normalized spacial score (nSPS) is 10.1.